The molecule has 3 aromatic carbocycles. The van der Waals surface area contributed by atoms with Gasteiger partial charge < -0.3 is 0 Å². The largest absolute Gasteiger partial charge is 0.0614 e. The molecule has 0 saturated carbocycles. The predicted molar refractivity (Wildman–Crippen MR) is 70.9 cm³/mol. The van der Waals surface area contributed by atoms with Crippen LogP contribution < -0.4 is 0 Å². The zero-order valence-electron chi connectivity index (χ0n) is 9.62. The van der Waals surface area contributed by atoms with Crippen molar-refractivity contribution in [1.29, 1.82) is 0 Å². The van der Waals surface area contributed by atoms with Gasteiger partial charge >= 0.3 is 0 Å². The lowest BCUT2D eigenvalue weighted by Gasteiger charge is -2.05. The van der Waals surface area contributed by atoms with Crippen LogP contribution in [0.4, 0.5) is 0 Å². The Labute approximate surface area is 95.5 Å². The maximum absolute atomic E-state index is 2.29. The molecule has 0 aliphatic heterocycles. The lowest BCUT2D eigenvalue weighted by molar-refractivity contribution is 1.50. The van der Waals surface area contributed by atoms with Crippen molar-refractivity contribution in [3.05, 3.63) is 59.7 Å². The molecule has 0 aliphatic carbocycles. The molecule has 0 bridgehead atoms. The maximum Gasteiger partial charge on any atom is -0.0148 e. The highest BCUT2D eigenvalue weighted by Gasteiger charge is 2.00. The molecule has 0 radical (unpaired) electrons. The minimum Gasteiger partial charge on any atom is -0.0614 e. The number of rotatable bonds is 0. The van der Waals surface area contributed by atoms with Gasteiger partial charge in [0.2, 0.25) is 0 Å². The molecule has 0 nitrogen and oxygen atoms in total. The summed E-state index contributed by atoms with van der Waals surface area (Å²) in [6.07, 6.45) is 0. The van der Waals surface area contributed by atoms with Crippen molar-refractivity contribution in [2.24, 2.45) is 0 Å². The highest BCUT2D eigenvalue weighted by Crippen LogP contribution is 2.25. The first kappa shape index (κ1) is 9.41. The van der Waals surface area contributed by atoms with Gasteiger partial charge in [0.05, 0.1) is 0 Å². The number of benzene rings is 3. The molecule has 0 N–H and O–H groups in total. The minimum atomic E-state index is 1.32. The van der Waals surface area contributed by atoms with Crippen molar-refractivity contribution in [1.82, 2.24) is 0 Å². The van der Waals surface area contributed by atoms with Gasteiger partial charge in [-0.05, 0) is 53.1 Å². The Bertz CT molecular complexity index is 677. The maximum atomic E-state index is 2.29. The second-order valence-electron chi connectivity index (χ2n) is 4.50. The average molecular weight is 206 g/mol. The first-order chi connectivity index (χ1) is 7.74. The van der Waals surface area contributed by atoms with E-state index < -0.39 is 0 Å². The third-order valence-corrected chi connectivity index (χ3v) is 3.21. The van der Waals surface area contributed by atoms with Crippen LogP contribution in [0, 0.1) is 13.8 Å². The lowest BCUT2D eigenvalue weighted by Crippen LogP contribution is -1.80. The van der Waals surface area contributed by atoms with E-state index in [2.05, 4.69) is 62.4 Å². The molecule has 0 atom stereocenters. The fourth-order valence-electron chi connectivity index (χ4n) is 2.30. The standard InChI is InChI=1S/C16H14/c1-11-6-7-13-10-16-12(2)4-3-5-14(16)9-15(13)8-11/h3-10H,1-2H3. The van der Waals surface area contributed by atoms with Crippen molar-refractivity contribution in [2.75, 3.05) is 0 Å². The van der Waals surface area contributed by atoms with Gasteiger partial charge in [-0.1, -0.05) is 42.0 Å². The lowest BCUT2D eigenvalue weighted by atomic mass is 9.99. The molecule has 0 aliphatic rings. The zero-order valence-corrected chi connectivity index (χ0v) is 9.62. The molecule has 0 spiro atoms. The summed E-state index contributed by atoms with van der Waals surface area (Å²) in [5.41, 5.74) is 2.67. The minimum absolute atomic E-state index is 1.32. The fraction of sp³-hybridized carbons (Fsp3) is 0.125. The monoisotopic (exact) mass is 206 g/mol. The molecule has 78 valence electrons. The molecule has 0 saturated heterocycles. The molecule has 0 unspecified atom stereocenters. The smallest absolute Gasteiger partial charge is 0.0148 e. The quantitative estimate of drug-likeness (QED) is 0.471. The number of aryl methyl sites for hydroxylation is 2. The SMILES string of the molecule is Cc1ccc2cc3c(C)cccc3cc2c1. The molecule has 0 fully saturated rings. The molecule has 0 amide bonds. The van der Waals surface area contributed by atoms with Crippen LogP contribution in [0.15, 0.2) is 48.5 Å². The molecule has 0 heterocycles. The molecule has 0 heteroatoms. The highest BCUT2D eigenvalue weighted by molar-refractivity contribution is 5.99. The third-order valence-electron chi connectivity index (χ3n) is 3.21. The van der Waals surface area contributed by atoms with Crippen LogP contribution in [0.2, 0.25) is 0 Å². The van der Waals surface area contributed by atoms with Gasteiger partial charge in [-0.3, -0.25) is 0 Å². The molecule has 0 aromatic heterocycles. The van der Waals surface area contributed by atoms with Crippen LogP contribution in [0.5, 0.6) is 0 Å². The summed E-state index contributed by atoms with van der Waals surface area (Å²) in [5, 5.41) is 5.35. The van der Waals surface area contributed by atoms with Gasteiger partial charge in [0.15, 0.2) is 0 Å². The van der Waals surface area contributed by atoms with Crippen molar-refractivity contribution in [3.63, 3.8) is 0 Å². The second kappa shape index (κ2) is 3.34. The first-order valence-electron chi connectivity index (χ1n) is 5.64. The van der Waals surface area contributed by atoms with Crippen LogP contribution in [0.3, 0.4) is 0 Å². The van der Waals surface area contributed by atoms with E-state index in [4.69, 9.17) is 0 Å². The Balaban J connectivity index is 2.49. The molecule has 3 rings (SSSR count). The third kappa shape index (κ3) is 1.38. The summed E-state index contributed by atoms with van der Waals surface area (Å²) >= 11 is 0. The molecule has 3 aromatic rings. The average Bonchev–Trinajstić information content (AvgIpc) is 2.27. The van der Waals surface area contributed by atoms with E-state index >= 15 is 0 Å². The van der Waals surface area contributed by atoms with Crippen molar-refractivity contribution >= 4 is 21.5 Å². The van der Waals surface area contributed by atoms with E-state index in [0.717, 1.165) is 0 Å². The topological polar surface area (TPSA) is 0 Å². The Morgan fingerprint density at radius 3 is 2.44 bits per heavy atom. The first-order valence-corrected chi connectivity index (χ1v) is 5.64. The number of fused-ring (bicyclic) bond motifs is 2. The van der Waals surface area contributed by atoms with Crippen molar-refractivity contribution in [2.45, 2.75) is 13.8 Å². The highest BCUT2D eigenvalue weighted by atomic mass is 14.0. The zero-order chi connectivity index (χ0) is 11.1. The van der Waals surface area contributed by atoms with Gasteiger partial charge in [-0.2, -0.15) is 0 Å². The Morgan fingerprint density at radius 1 is 0.688 bits per heavy atom. The normalized spacial score (nSPS) is 11.1. The van der Waals surface area contributed by atoms with Crippen molar-refractivity contribution in [3.8, 4) is 0 Å². The molecular formula is C16H14. The molecule has 16 heavy (non-hydrogen) atoms. The van der Waals surface area contributed by atoms with Gasteiger partial charge in [-0.15, -0.1) is 0 Å². The van der Waals surface area contributed by atoms with Gasteiger partial charge in [0.25, 0.3) is 0 Å². The van der Waals surface area contributed by atoms with E-state index in [1.54, 1.807) is 0 Å². The van der Waals surface area contributed by atoms with Crippen molar-refractivity contribution < 1.29 is 0 Å². The summed E-state index contributed by atoms with van der Waals surface area (Å²) < 4.78 is 0. The van der Waals surface area contributed by atoms with Gasteiger partial charge in [-0.25, -0.2) is 0 Å². The van der Waals surface area contributed by atoms with E-state index in [-0.39, 0.29) is 0 Å². The van der Waals surface area contributed by atoms with Gasteiger partial charge in [0, 0.05) is 0 Å². The van der Waals surface area contributed by atoms with E-state index in [1.807, 2.05) is 0 Å². The summed E-state index contributed by atoms with van der Waals surface area (Å²) in [4.78, 5) is 0. The fourth-order valence-corrected chi connectivity index (χ4v) is 2.30. The van der Waals surface area contributed by atoms with Crippen LogP contribution >= 0.6 is 0 Å². The summed E-state index contributed by atoms with van der Waals surface area (Å²) in [6.45, 7) is 4.31. The predicted octanol–water partition coefficient (Wildman–Crippen LogP) is 4.61. The molecular weight excluding hydrogens is 192 g/mol. The van der Waals surface area contributed by atoms with E-state index in [0.29, 0.717) is 0 Å². The number of hydrogen-bond donors (Lipinski definition) is 0. The van der Waals surface area contributed by atoms with E-state index in [9.17, 15) is 0 Å². The second-order valence-corrected chi connectivity index (χ2v) is 4.50. The van der Waals surface area contributed by atoms with Crippen LogP contribution in [-0.4, -0.2) is 0 Å². The van der Waals surface area contributed by atoms with Gasteiger partial charge in [0.1, 0.15) is 0 Å². The van der Waals surface area contributed by atoms with Crippen LogP contribution in [0.25, 0.3) is 21.5 Å². The number of hydrogen-bond acceptors (Lipinski definition) is 0. The Kier molecular flexibility index (Phi) is 1.97. The van der Waals surface area contributed by atoms with Crippen LogP contribution in [-0.2, 0) is 0 Å². The summed E-state index contributed by atoms with van der Waals surface area (Å²) in [6, 6.07) is 17.7. The Hall–Kier alpha value is -1.82. The summed E-state index contributed by atoms with van der Waals surface area (Å²) in [5.74, 6) is 0. The summed E-state index contributed by atoms with van der Waals surface area (Å²) in [7, 11) is 0. The van der Waals surface area contributed by atoms with E-state index in [1.165, 1.54) is 32.7 Å². The van der Waals surface area contributed by atoms with Crippen LogP contribution in [0.1, 0.15) is 11.1 Å². The Morgan fingerprint density at radius 2 is 1.56 bits per heavy atom.